The lowest BCUT2D eigenvalue weighted by molar-refractivity contribution is -0.154. The van der Waals surface area contributed by atoms with E-state index in [1.807, 2.05) is 36.4 Å². The van der Waals surface area contributed by atoms with E-state index in [-0.39, 0.29) is 6.42 Å². The second-order valence-corrected chi connectivity index (χ2v) is 11.0. The summed E-state index contributed by atoms with van der Waals surface area (Å²) in [4.78, 5) is 40.5. The minimum Gasteiger partial charge on any atom is -0.442 e. The van der Waals surface area contributed by atoms with E-state index in [4.69, 9.17) is 9.47 Å². The molecule has 7 nitrogen and oxygen atoms in total. The summed E-state index contributed by atoms with van der Waals surface area (Å²) >= 11 is 0. The zero-order valence-corrected chi connectivity index (χ0v) is 22.0. The lowest BCUT2D eigenvalue weighted by Crippen LogP contribution is -2.68. The molecular formula is C29H36N2O5. The smallest absolute Gasteiger partial charge is 0.430 e. The molecule has 2 aromatic rings. The maximum atomic E-state index is 13.8. The van der Waals surface area contributed by atoms with Gasteiger partial charge in [0, 0.05) is 0 Å². The molecule has 36 heavy (non-hydrogen) atoms. The SMILES string of the molecule is C=C(c1ccccc1)C1CC[C@@](C=O)(c2ccccc2)N(C(=O)OC(C)(C)C)N1C(=O)OC(C)(C)C. The summed E-state index contributed by atoms with van der Waals surface area (Å²) in [6.45, 7) is 14.7. The van der Waals surface area contributed by atoms with Crippen molar-refractivity contribution in [2.24, 2.45) is 0 Å². The van der Waals surface area contributed by atoms with E-state index in [2.05, 4.69) is 6.58 Å². The first-order valence-corrected chi connectivity index (χ1v) is 12.1. The van der Waals surface area contributed by atoms with Crippen LogP contribution in [-0.4, -0.2) is 45.7 Å². The van der Waals surface area contributed by atoms with Gasteiger partial charge in [-0.05, 0) is 71.1 Å². The highest BCUT2D eigenvalue weighted by Crippen LogP contribution is 2.43. The molecular weight excluding hydrogens is 456 g/mol. The van der Waals surface area contributed by atoms with E-state index < -0.39 is 35.0 Å². The molecule has 0 aliphatic carbocycles. The number of aldehydes is 1. The molecule has 192 valence electrons. The van der Waals surface area contributed by atoms with E-state index in [0.717, 1.165) is 10.6 Å². The lowest BCUT2D eigenvalue weighted by atomic mass is 9.80. The van der Waals surface area contributed by atoms with Crippen LogP contribution in [-0.2, 0) is 19.8 Å². The van der Waals surface area contributed by atoms with Gasteiger partial charge in [-0.3, -0.25) is 0 Å². The van der Waals surface area contributed by atoms with Gasteiger partial charge in [0.05, 0.1) is 6.04 Å². The third kappa shape index (κ3) is 5.78. The van der Waals surface area contributed by atoms with Crippen molar-refractivity contribution in [3.05, 3.63) is 78.4 Å². The number of ether oxygens (including phenoxy) is 2. The number of nitrogens with zero attached hydrogens (tertiary/aromatic N) is 2. The molecule has 2 amide bonds. The van der Waals surface area contributed by atoms with Gasteiger partial charge in [-0.1, -0.05) is 67.2 Å². The first kappa shape index (κ1) is 27.0. The van der Waals surface area contributed by atoms with Crippen LogP contribution >= 0.6 is 0 Å². The molecule has 1 saturated heterocycles. The van der Waals surface area contributed by atoms with Crippen molar-refractivity contribution in [2.75, 3.05) is 0 Å². The van der Waals surface area contributed by atoms with Crippen LogP contribution in [0.2, 0.25) is 0 Å². The normalized spacial score (nSPS) is 20.4. The fourth-order valence-corrected chi connectivity index (χ4v) is 4.33. The Hall–Kier alpha value is -3.61. The third-order valence-electron chi connectivity index (χ3n) is 5.85. The highest BCUT2D eigenvalue weighted by atomic mass is 16.6. The Kier molecular flexibility index (Phi) is 7.62. The second-order valence-electron chi connectivity index (χ2n) is 11.0. The molecule has 0 spiro atoms. The van der Waals surface area contributed by atoms with Crippen molar-refractivity contribution in [1.29, 1.82) is 0 Å². The molecule has 1 aliphatic rings. The number of hydrazine groups is 1. The van der Waals surface area contributed by atoms with Gasteiger partial charge in [-0.15, -0.1) is 0 Å². The largest absolute Gasteiger partial charge is 0.442 e. The van der Waals surface area contributed by atoms with Crippen molar-refractivity contribution >= 4 is 24.0 Å². The van der Waals surface area contributed by atoms with Crippen LogP contribution in [0.1, 0.15) is 65.5 Å². The maximum Gasteiger partial charge on any atom is 0.430 e. The topological polar surface area (TPSA) is 76.2 Å². The van der Waals surface area contributed by atoms with Crippen LogP contribution in [0.5, 0.6) is 0 Å². The fraction of sp³-hybridized carbons (Fsp3) is 0.414. The van der Waals surface area contributed by atoms with Gasteiger partial charge in [-0.25, -0.2) is 14.6 Å². The Morgan fingerprint density at radius 1 is 0.889 bits per heavy atom. The maximum absolute atomic E-state index is 13.8. The molecule has 2 atom stereocenters. The number of benzene rings is 2. The first-order valence-electron chi connectivity index (χ1n) is 12.1. The fourth-order valence-electron chi connectivity index (χ4n) is 4.33. The Labute approximate surface area is 213 Å². The predicted molar refractivity (Wildman–Crippen MR) is 139 cm³/mol. The van der Waals surface area contributed by atoms with E-state index in [1.54, 1.807) is 65.8 Å². The predicted octanol–water partition coefficient (Wildman–Crippen LogP) is 6.35. The number of rotatable bonds is 4. The van der Waals surface area contributed by atoms with Crippen molar-refractivity contribution in [3.63, 3.8) is 0 Å². The zero-order valence-electron chi connectivity index (χ0n) is 22.0. The van der Waals surface area contributed by atoms with Crippen molar-refractivity contribution in [1.82, 2.24) is 10.0 Å². The van der Waals surface area contributed by atoms with E-state index >= 15 is 0 Å². The molecule has 0 aromatic heterocycles. The second kappa shape index (κ2) is 10.2. The standard InChI is InChI=1S/C29H36N2O5/c1-21(22-14-10-8-11-15-22)24-18-19-29(20-32,23-16-12-9-13-17-23)31(26(34)36-28(5,6)7)30(24)25(33)35-27(2,3)4/h8-17,20,24H,1,18-19H2,2-7H3/t24?,29-/m1/s1. The van der Waals surface area contributed by atoms with Gasteiger partial charge in [0.15, 0.2) is 6.29 Å². The van der Waals surface area contributed by atoms with Gasteiger partial charge in [0.2, 0.25) is 0 Å². The molecule has 3 rings (SSSR count). The summed E-state index contributed by atoms with van der Waals surface area (Å²) in [6.07, 6.45) is -0.243. The number of carbonyl (C=O) groups excluding carboxylic acids is 3. The van der Waals surface area contributed by atoms with Gasteiger partial charge in [0.1, 0.15) is 16.7 Å². The number of hydrogen-bond donors (Lipinski definition) is 0. The summed E-state index contributed by atoms with van der Waals surface area (Å²) in [7, 11) is 0. The van der Waals surface area contributed by atoms with Crippen LogP contribution in [0.15, 0.2) is 67.2 Å². The highest BCUT2D eigenvalue weighted by molar-refractivity contribution is 5.84. The van der Waals surface area contributed by atoms with Crippen LogP contribution in [0.25, 0.3) is 5.57 Å². The van der Waals surface area contributed by atoms with Crippen LogP contribution in [0.4, 0.5) is 9.59 Å². The molecule has 1 aliphatic heterocycles. The van der Waals surface area contributed by atoms with E-state index in [1.165, 1.54) is 5.01 Å². The molecule has 7 heteroatoms. The Bertz CT molecular complexity index is 1100. The van der Waals surface area contributed by atoms with Crippen molar-refractivity contribution < 1.29 is 23.9 Å². The highest BCUT2D eigenvalue weighted by Gasteiger charge is 2.55. The minimum atomic E-state index is -1.48. The molecule has 0 saturated carbocycles. The Balaban J connectivity index is 2.23. The molecule has 0 radical (unpaired) electrons. The lowest BCUT2D eigenvalue weighted by Gasteiger charge is -2.52. The monoisotopic (exact) mass is 492 g/mol. The average Bonchev–Trinajstić information content (AvgIpc) is 2.81. The molecule has 1 unspecified atom stereocenters. The molecule has 2 aromatic carbocycles. The Morgan fingerprint density at radius 3 is 1.89 bits per heavy atom. The summed E-state index contributed by atoms with van der Waals surface area (Å²) in [5.41, 5.74) is -1.17. The van der Waals surface area contributed by atoms with Crippen LogP contribution in [0.3, 0.4) is 0 Å². The average molecular weight is 493 g/mol. The van der Waals surface area contributed by atoms with Gasteiger partial charge >= 0.3 is 12.2 Å². The zero-order chi connectivity index (χ0) is 26.7. The summed E-state index contributed by atoms with van der Waals surface area (Å²) in [6, 6.07) is 17.7. The minimum absolute atomic E-state index is 0.259. The van der Waals surface area contributed by atoms with Crippen LogP contribution in [0, 0.1) is 0 Å². The quantitative estimate of drug-likeness (QED) is 0.465. The van der Waals surface area contributed by atoms with Crippen molar-refractivity contribution in [2.45, 2.75) is 77.2 Å². The van der Waals surface area contributed by atoms with Crippen LogP contribution < -0.4 is 0 Å². The molecule has 1 fully saturated rings. The first-order chi connectivity index (χ1) is 16.8. The third-order valence-corrected chi connectivity index (χ3v) is 5.85. The molecule has 0 bridgehead atoms. The number of amides is 2. The number of hydrogen-bond acceptors (Lipinski definition) is 5. The van der Waals surface area contributed by atoms with Gasteiger partial charge in [0.25, 0.3) is 0 Å². The Morgan fingerprint density at radius 2 is 1.39 bits per heavy atom. The van der Waals surface area contributed by atoms with Gasteiger partial charge in [-0.2, -0.15) is 5.01 Å². The number of carbonyl (C=O) groups is 3. The summed E-state index contributed by atoms with van der Waals surface area (Å²) in [5, 5.41) is 2.36. The van der Waals surface area contributed by atoms with Gasteiger partial charge < -0.3 is 14.3 Å². The molecule has 0 N–H and O–H groups in total. The van der Waals surface area contributed by atoms with E-state index in [9.17, 15) is 14.4 Å². The summed E-state index contributed by atoms with van der Waals surface area (Å²) in [5.74, 6) is 0. The summed E-state index contributed by atoms with van der Waals surface area (Å²) < 4.78 is 11.5. The molecule has 1 heterocycles. The van der Waals surface area contributed by atoms with Crippen molar-refractivity contribution in [3.8, 4) is 0 Å². The van der Waals surface area contributed by atoms with E-state index in [0.29, 0.717) is 23.8 Å².